The zero-order chi connectivity index (χ0) is 18.4. The molecule has 2 aromatic carbocycles. The minimum Gasteiger partial charge on any atom is -0.403 e. The van der Waals surface area contributed by atoms with E-state index >= 15 is 0 Å². The van der Waals surface area contributed by atoms with Crippen LogP contribution < -0.4 is 5.43 Å². The topological polar surface area (TPSA) is 99.0 Å². The minimum absolute atomic E-state index is 0.272. The average molecular weight is 379 g/mol. The Hall–Kier alpha value is -3.33. The molecule has 134 valence electrons. The van der Waals surface area contributed by atoms with Crippen LogP contribution in [-0.2, 0) is 6.42 Å². The third-order valence-electron chi connectivity index (χ3n) is 4.45. The molecule has 5 rings (SSSR count). The van der Waals surface area contributed by atoms with Gasteiger partial charge in [0.2, 0.25) is 5.16 Å². The number of rotatable bonds is 4. The van der Waals surface area contributed by atoms with Gasteiger partial charge in [-0.3, -0.25) is 10.1 Å². The van der Waals surface area contributed by atoms with E-state index in [9.17, 15) is 10.1 Å². The van der Waals surface area contributed by atoms with Crippen molar-refractivity contribution >= 4 is 28.4 Å². The lowest BCUT2D eigenvalue weighted by Gasteiger charge is -2.10. The molecule has 8 nitrogen and oxygen atoms in total. The summed E-state index contributed by atoms with van der Waals surface area (Å²) >= 11 is 1.41. The first-order chi connectivity index (χ1) is 13.2. The van der Waals surface area contributed by atoms with Crippen molar-refractivity contribution in [3.63, 3.8) is 0 Å². The summed E-state index contributed by atoms with van der Waals surface area (Å²) in [6, 6.07) is 17.4. The highest BCUT2D eigenvalue weighted by molar-refractivity contribution is 7.99. The van der Waals surface area contributed by atoms with E-state index in [4.69, 9.17) is 4.42 Å². The second kappa shape index (κ2) is 6.13. The van der Waals surface area contributed by atoms with Gasteiger partial charge in [-0.05, 0) is 34.2 Å². The number of aromatic nitrogens is 3. The molecule has 4 aromatic rings. The van der Waals surface area contributed by atoms with E-state index in [0.717, 1.165) is 11.4 Å². The highest BCUT2D eigenvalue weighted by Crippen LogP contribution is 2.40. The van der Waals surface area contributed by atoms with Crippen LogP contribution in [0.25, 0.3) is 10.8 Å². The molecule has 1 unspecified atom stereocenters. The normalized spacial score (nSPS) is 15.6. The predicted molar refractivity (Wildman–Crippen MR) is 100 cm³/mol. The Balaban J connectivity index is 1.43. The predicted octanol–water partition coefficient (Wildman–Crippen LogP) is 3.87. The molecule has 9 heteroatoms. The number of hydrogen-bond acceptors (Lipinski definition) is 7. The van der Waals surface area contributed by atoms with Gasteiger partial charge in [0, 0.05) is 6.42 Å². The van der Waals surface area contributed by atoms with Crippen LogP contribution in [0.2, 0.25) is 0 Å². The van der Waals surface area contributed by atoms with Gasteiger partial charge in [-0.2, -0.15) is 0 Å². The Labute approximate surface area is 157 Å². The first-order valence-electron chi connectivity index (χ1n) is 8.27. The molecule has 1 aliphatic rings. The summed E-state index contributed by atoms with van der Waals surface area (Å²) in [5.41, 5.74) is 4.42. The Kier molecular flexibility index (Phi) is 3.61. The van der Waals surface area contributed by atoms with E-state index in [1.54, 1.807) is 6.07 Å². The maximum Gasteiger partial charge on any atom is 0.433 e. The van der Waals surface area contributed by atoms with Crippen LogP contribution in [0.15, 0.2) is 64.2 Å². The molecule has 3 heterocycles. The molecule has 0 saturated heterocycles. The fourth-order valence-corrected chi connectivity index (χ4v) is 4.15. The van der Waals surface area contributed by atoms with Crippen LogP contribution in [0.4, 0.5) is 5.88 Å². The fraction of sp³-hybridized carbons (Fsp3) is 0.111. The molecule has 0 fully saturated rings. The summed E-state index contributed by atoms with van der Waals surface area (Å²) in [7, 11) is 0. The molecule has 0 spiro atoms. The van der Waals surface area contributed by atoms with Gasteiger partial charge in [0.05, 0.1) is 6.07 Å². The van der Waals surface area contributed by atoms with Gasteiger partial charge >= 0.3 is 5.88 Å². The molecule has 0 aliphatic carbocycles. The van der Waals surface area contributed by atoms with E-state index in [1.165, 1.54) is 28.6 Å². The van der Waals surface area contributed by atoms with E-state index < -0.39 is 4.92 Å². The van der Waals surface area contributed by atoms with Crippen molar-refractivity contribution in [2.75, 3.05) is 5.43 Å². The van der Waals surface area contributed by atoms with Crippen molar-refractivity contribution < 1.29 is 9.34 Å². The standard InChI is InChI=1S/C18H13N5O3S/c24-23(25)16-9-8-14(26-16)17-21-22-15(19-20-18(22)27-17)10-12-6-3-5-11-4-1-2-7-13(11)12/h1-9,17,21H,10H2. The number of nitrogens with one attached hydrogen (secondary N) is 1. The lowest BCUT2D eigenvalue weighted by molar-refractivity contribution is -0.402. The highest BCUT2D eigenvalue weighted by Gasteiger charge is 2.31. The second-order valence-electron chi connectivity index (χ2n) is 6.11. The van der Waals surface area contributed by atoms with E-state index in [1.807, 2.05) is 22.9 Å². The SMILES string of the molecule is O=[N+]([O-])c1ccc(C2Nn3c(Cc4cccc5ccccc45)nnc3S2)o1. The summed E-state index contributed by atoms with van der Waals surface area (Å²) in [4.78, 5) is 10.3. The van der Waals surface area contributed by atoms with Crippen molar-refractivity contribution in [2.24, 2.45) is 0 Å². The second-order valence-corrected chi connectivity index (χ2v) is 7.18. The van der Waals surface area contributed by atoms with Crippen molar-refractivity contribution in [2.45, 2.75) is 17.0 Å². The lowest BCUT2D eigenvalue weighted by Crippen LogP contribution is -2.15. The molecule has 0 bridgehead atoms. The van der Waals surface area contributed by atoms with Crippen LogP contribution in [0.3, 0.4) is 0 Å². The minimum atomic E-state index is -0.546. The number of nitrogens with zero attached hydrogens (tertiary/aromatic N) is 4. The molecule has 0 amide bonds. The van der Waals surface area contributed by atoms with Gasteiger partial charge in [-0.15, -0.1) is 10.2 Å². The maximum absolute atomic E-state index is 10.8. The van der Waals surface area contributed by atoms with Gasteiger partial charge in [-0.1, -0.05) is 42.5 Å². The van der Waals surface area contributed by atoms with Crippen LogP contribution in [-0.4, -0.2) is 19.8 Å². The molecule has 27 heavy (non-hydrogen) atoms. The summed E-state index contributed by atoms with van der Waals surface area (Å²) in [6.07, 6.45) is 0.618. The smallest absolute Gasteiger partial charge is 0.403 e. The molecule has 2 aromatic heterocycles. The molecule has 1 N–H and O–H groups in total. The summed E-state index contributed by atoms with van der Waals surface area (Å²) in [6.45, 7) is 0. The van der Waals surface area contributed by atoms with E-state index in [-0.39, 0.29) is 11.3 Å². The zero-order valence-corrected chi connectivity index (χ0v) is 14.7. The van der Waals surface area contributed by atoms with Gasteiger partial charge in [0.25, 0.3) is 0 Å². The zero-order valence-electron chi connectivity index (χ0n) is 13.9. The Morgan fingerprint density at radius 3 is 2.85 bits per heavy atom. The van der Waals surface area contributed by atoms with Crippen LogP contribution in [0.1, 0.15) is 22.5 Å². The Morgan fingerprint density at radius 1 is 1.15 bits per heavy atom. The number of benzene rings is 2. The Bertz CT molecular complexity index is 1160. The third-order valence-corrected chi connectivity index (χ3v) is 5.50. The van der Waals surface area contributed by atoms with Crippen LogP contribution >= 0.6 is 11.8 Å². The summed E-state index contributed by atoms with van der Waals surface area (Å²) in [5.74, 6) is 0.983. The number of thioether (sulfide) groups is 1. The van der Waals surface area contributed by atoms with Crippen molar-refractivity contribution in [1.29, 1.82) is 0 Å². The van der Waals surface area contributed by atoms with E-state index in [2.05, 4.69) is 39.9 Å². The fourth-order valence-electron chi connectivity index (χ4n) is 3.19. The van der Waals surface area contributed by atoms with Gasteiger partial charge in [-0.25, -0.2) is 4.68 Å². The highest BCUT2D eigenvalue weighted by atomic mass is 32.2. The Morgan fingerprint density at radius 2 is 2.00 bits per heavy atom. The van der Waals surface area contributed by atoms with Gasteiger partial charge < -0.3 is 9.84 Å². The van der Waals surface area contributed by atoms with Crippen LogP contribution in [0.5, 0.6) is 0 Å². The third kappa shape index (κ3) is 2.72. The first kappa shape index (κ1) is 15.9. The van der Waals surface area contributed by atoms with Crippen molar-refractivity contribution in [3.8, 4) is 0 Å². The first-order valence-corrected chi connectivity index (χ1v) is 9.15. The van der Waals surface area contributed by atoms with Crippen molar-refractivity contribution in [3.05, 3.63) is 81.9 Å². The van der Waals surface area contributed by atoms with E-state index in [0.29, 0.717) is 17.3 Å². The molecule has 1 atom stereocenters. The molecule has 1 aliphatic heterocycles. The molecular weight excluding hydrogens is 366 g/mol. The average Bonchev–Trinajstić information content (AvgIpc) is 3.38. The summed E-state index contributed by atoms with van der Waals surface area (Å²) < 4.78 is 7.13. The van der Waals surface area contributed by atoms with Gasteiger partial charge in [0.15, 0.2) is 11.2 Å². The molecule has 0 radical (unpaired) electrons. The quantitative estimate of drug-likeness (QED) is 0.424. The number of fused-ring (bicyclic) bond motifs is 2. The molecule has 0 saturated carbocycles. The molecular formula is C18H13N5O3S. The van der Waals surface area contributed by atoms with Crippen molar-refractivity contribution in [1.82, 2.24) is 14.9 Å². The monoisotopic (exact) mass is 379 g/mol. The van der Waals surface area contributed by atoms with Crippen LogP contribution in [0, 0.1) is 10.1 Å². The number of nitro groups is 1. The number of hydrogen-bond donors (Lipinski definition) is 1. The maximum atomic E-state index is 10.8. The lowest BCUT2D eigenvalue weighted by atomic mass is 10.0. The summed E-state index contributed by atoms with van der Waals surface area (Å²) in [5, 5.41) is 22.1. The number of furan rings is 1. The largest absolute Gasteiger partial charge is 0.433 e. The van der Waals surface area contributed by atoms with Gasteiger partial charge in [0.1, 0.15) is 10.7 Å².